The maximum Gasteiger partial charge on any atom is 0.407 e. The van der Waals surface area contributed by atoms with E-state index in [0.717, 1.165) is 38.9 Å². The minimum absolute atomic E-state index is 0.0767. The Bertz CT molecular complexity index is 1340. The molecule has 0 bridgehead atoms. The van der Waals surface area contributed by atoms with Gasteiger partial charge in [-0.15, -0.1) is 0 Å². The van der Waals surface area contributed by atoms with Crippen molar-refractivity contribution in [2.45, 2.75) is 24.8 Å². The van der Waals surface area contributed by atoms with Gasteiger partial charge >= 0.3 is 12.1 Å². The number of carbonyl (C=O) groups excluding carboxylic acids is 1. The van der Waals surface area contributed by atoms with E-state index in [2.05, 4.69) is 23.5 Å². The molecule has 0 aliphatic heterocycles. The fourth-order valence-electron chi connectivity index (χ4n) is 4.89. The SMILES string of the molecule is O=C(NC(CCc1cccc(-c2ccccc2)c1)C(=O)O)OCC1c2ccccc2-c2ccccc21. The number of aliphatic carboxylic acids is 1. The monoisotopic (exact) mass is 477 g/mol. The van der Waals surface area contributed by atoms with E-state index in [-0.39, 0.29) is 18.9 Å². The number of amides is 1. The van der Waals surface area contributed by atoms with Crippen LogP contribution in [0.4, 0.5) is 4.79 Å². The maximum absolute atomic E-state index is 12.6. The fraction of sp³-hybridized carbons (Fsp3) is 0.161. The molecular weight excluding hydrogens is 450 g/mol. The summed E-state index contributed by atoms with van der Waals surface area (Å²) >= 11 is 0. The predicted molar refractivity (Wildman–Crippen MR) is 140 cm³/mol. The number of carboxylic acid groups (broad SMARTS) is 1. The number of aryl methyl sites for hydroxylation is 1. The average Bonchev–Trinajstić information content (AvgIpc) is 3.24. The van der Waals surface area contributed by atoms with Crippen LogP contribution in [0.2, 0.25) is 0 Å². The first-order valence-corrected chi connectivity index (χ1v) is 12.1. The summed E-state index contributed by atoms with van der Waals surface area (Å²) in [6.07, 6.45) is 0.0568. The number of rotatable bonds is 8. The van der Waals surface area contributed by atoms with Gasteiger partial charge in [-0.3, -0.25) is 0 Å². The fourth-order valence-corrected chi connectivity index (χ4v) is 4.89. The third kappa shape index (κ3) is 5.01. The number of hydrogen-bond acceptors (Lipinski definition) is 3. The molecule has 4 aromatic carbocycles. The highest BCUT2D eigenvalue weighted by Gasteiger charge is 2.29. The van der Waals surface area contributed by atoms with E-state index in [9.17, 15) is 14.7 Å². The zero-order valence-electron chi connectivity index (χ0n) is 19.8. The van der Waals surface area contributed by atoms with Crippen LogP contribution in [0.3, 0.4) is 0 Å². The average molecular weight is 478 g/mol. The van der Waals surface area contributed by atoms with E-state index >= 15 is 0 Å². The lowest BCUT2D eigenvalue weighted by Crippen LogP contribution is -2.41. The highest BCUT2D eigenvalue weighted by Crippen LogP contribution is 2.44. The van der Waals surface area contributed by atoms with E-state index < -0.39 is 18.1 Å². The van der Waals surface area contributed by atoms with Crippen molar-refractivity contribution in [3.8, 4) is 22.3 Å². The van der Waals surface area contributed by atoms with Crippen molar-refractivity contribution in [2.24, 2.45) is 0 Å². The van der Waals surface area contributed by atoms with Gasteiger partial charge < -0.3 is 15.2 Å². The van der Waals surface area contributed by atoms with Crippen molar-refractivity contribution < 1.29 is 19.4 Å². The number of ether oxygens (including phenoxy) is 1. The molecule has 0 aromatic heterocycles. The van der Waals surface area contributed by atoms with E-state index in [0.29, 0.717) is 6.42 Å². The molecule has 1 unspecified atom stereocenters. The Morgan fingerprint density at radius 3 is 2.06 bits per heavy atom. The third-order valence-electron chi connectivity index (χ3n) is 6.69. The van der Waals surface area contributed by atoms with Gasteiger partial charge in [-0.05, 0) is 51.8 Å². The summed E-state index contributed by atoms with van der Waals surface area (Å²) in [6, 6.07) is 33.2. The summed E-state index contributed by atoms with van der Waals surface area (Å²) < 4.78 is 5.54. The molecule has 1 amide bonds. The predicted octanol–water partition coefficient (Wildman–Crippen LogP) is 6.28. The largest absolute Gasteiger partial charge is 0.480 e. The summed E-state index contributed by atoms with van der Waals surface area (Å²) in [5, 5.41) is 12.2. The van der Waals surface area contributed by atoms with Gasteiger partial charge in [0.1, 0.15) is 12.6 Å². The van der Waals surface area contributed by atoms with Crippen molar-refractivity contribution in [3.05, 3.63) is 120 Å². The van der Waals surface area contributed by atoms with E-state index in [1.165, 1.54) is 0 Å². The van der Waals surface area contributed by atoms with Crippen molar-refractivity contribution in [1.82, 2.24) is 5.32 Å². The summed E-state index contributed by atoms with van der Waals surface area (Å²) in [5.41, 5.74) is 7.69. The van der Waals surface area contributed by atoms with Gasteiger partial charge in [0.25, 0.3) is 0 Å². The number of carboxylic acids is 1. The second kappa shape index (κ2) is 10.5. The number of nitrogens with one attached hydrogen (secondary N) is 1. The van der Waals surface area contributed by atoms with Gasteiger partial charge in [0, 0.05) is 5.92 Å². The molecule has 0 heterocycles. The number of fused-ring (bicyclic) bond motifs is 3. The lowest BCUT2D eigenvalue weighted by atomic mass is 9.98. The summed E-state index contributed by atoms with van der Waals surface area (Å²) in [4.78, 5) is 24.5. The number of hydrogen-bond donors (Lipinski definition) is 2. The molecule has 36 heavy (non-hydrogen) atoms. The molecule has 0 spiro atoms. The van der Waals surface area contributed by atoms with Crippen LogP contribution in [0.5, 0.6) is 0 Å². The Hall–Kier alpha value is -4.38. The highest BCUT2D eigenvalue weighted by atomic mass is 16.5. The van der Waals surface area contributed by atoms with Crippen LogP contribution in [0.15, 0.2) is 103 Å². The minimum Gasteiger partial charge on any atom is -0.480 e. The molecule has 5 nitrogen and oxygen atoms in total. The lowest BCUT2D eigenvalue weighted by Gasteiger charge is -2.17. The zero-order chi connectivity index (χ0) is 24.9. The van der Waals surface area contributed by atoms with Crippen LogP contribution in [0.1, 0.15) is 29.0 Å². The first-order valence-electron chi connectivity index (χ1n) is 12.1. The summed E-state index contributed by atoms with van der Waals surface area (Å²) in [5.74, 6) is -1.16. The first kappa shape index (κ1) is 23.4. The molecule has 1 atom stereocenters. The molecule has 5 heteroatoms. The number of carbonyl (C=O) groups is 2. The molecule has 5 rings (SSSR count). The molecule has 0 saturated carbocycles. The Balaban J connectivity index is 1.20. The molecular formula is C31H27NO4. The van der Waals surface area contributed by atoms with Gasteiger partial charge in [-0.2, -0.15) is 0 Å². The molecule has 180 valence electrons. The van der Waals surface area contributed by atoms with Gasteiger partial charge in [-0.1, -0.05) is 103 Å². The van der Waals surface area contributed by atoms with Gasteiger partial charge in [0.05, 0.1) is 0 Å². The first-order chi connectivity index (χ1) is 17.6. The molecule has 2 N–H and O–H groups in total. The van der Waals surface area contributed by atoms with Crippen LogP contribution >= 0.6 is 0 Å². The molecule has 0 radical (unpaired) electrons. The van der Waals surface area contributed by atoms with Crippen LogP contribution in [0.25, 0.3) is 22.3 Å². The topological polar surface area (TPSA) is 75.6 Å². The minimum atomic E-state index is -1.08. The lowest BCUT2D eigenvalue weighted by molar-refractivity contribution is -0.139. The van der Waals surface area contributed by atoms with Gasteiger partial charge in [0.2, 0.25) is 0 Å². The van der Waals surface area contributed by atoms with Crippen molar-refractivity contribution in [3.63, 3.8) is 0 Å². The summed E-state index contributed by atoms with van der Waals surface area (Å²) in [6.45, 7) is 0.144. The quantitative estimate of drug-likeness (QED) is 0.313. The van der Waals surface area contributed by atoms with Crippen LogP contribution in [-0.4, -0.2) is 29.8 Å². The zero-order valence-corrected chi connectivity index (χ0v) is 19.8. The van der Waals surface area contributed by atoms with E-state index in [4.69, 9.17) is 4.74 Å². The number of benzene rings is 4. The van der Waals surface area contributed by atoms with E-state index in [1.54, 1.807) is 0 Å². The van der Waals surface area contributed by atoms with Crippen LogP contribution in [0, 0.1) is 0 Å². The second-order valence-corrected chi connectivity index (χ2v) is 8.97. The molecule has 0 saturated heterocycles. The third-order valence-corrected chi connectivity index (χ3v) is 6.69. The Morgan fingerprint density at radius 1 is 0.778 bits per heavy atom. The second-order valence-electron chi connectivity index (χ2n) is 8.97. The standard InChI is InChI=1S/C31H27NO4/c33-30(34)29(18-17-21-9-8-12-23(19-21)22-10-2-1-3-11-22)32-31(35)36-20-28-26-15-6-4-13-24(26)25-14-5-7-16-27(25)28/h1-16,19,28-29H,17-18,20H2,(H,32,35)(H,33,34). The van der Waals surface area contributed by atoms with Gasteiger partial charge in [0.15, 0.2) is 0 Å². The van der Waals surface area contributed by atoms with Crippen molar-refractivity contribution >= 4 is 12.1 Å². The maximum atomic E-state index is 12.6. The number of alkyl carbamates (subject to hydrolysis) is 1. The normalized spacial score (nSPS) is 12.9. The molecule has 1 aliphatic carbocycles. The molecule has 0 fully saturated rings. The summed E-state index contributed by atoms with van der Waals surface area (Å²) in [7, 11) is 0. The van der Waals surface area contributed by atoms with E-state index in [1.807, 2.05) is 84.9 Å². The Kier molecular flexibility index (Phi) is 6.80. The van der Waals surface area contributed by atoms with Crippen molar-refractivity contribution in [1.29, 1.82) is 0 Å². The Morgan fingerprint density at radius 2 is 1.39 bits per heavy atom. The molecule has 1 aliphatic rings. The smallest absolute Gasteiger partial charge is 0.407 e. The Labute approximate surface area is 210 Å². The van der Waals surface area contributed by atoms with Crippen LogP contribution < -0.4 is 5.32 Å². The van der Waals surface area contributed by atoms with Crippen LogP contribution in [-0.2, 0) is 16.0 Å². The molecule has 4 aromatic rings. The van der Waals surface area contributed by atoms with Crippen molar-refractivity contribution in [2.75, 3.05) is 6.61 Å². The van der Waals surface area contributed by atoms with Gasteiger partial charge in [-0.25, -0.2) is 9.59 Å². The highest BCUT2D eigenvalue weighted by molar-refractivity contribution is 5.81.